The minimum Gasteiger partial charge on any atom is -0.469 e. The monoisotopic (exact) mass is 508 g/mol. The Hall–Kier alpha value is -1.96. The number of hydrogen-bond acceptors (Lipinski definition) is 4. The highest BCUT2D eigenvalue weighted by molar-refractivity contribution is 14.1. The van der Waals surface area contributed by atoms with Gasteiger partial charge in [-0.2, -0.15) is 0 Å². The highest BCUT2D eigenvalue weighted by atomic mass is 127. The molecule has 5 nitrogen and oxygen atoms in total. The Morgan fingerprint density at radius 3 is 2.41 bits per heavy atom. The van der Waals surface area contributed by atoms with Gasteiger partial charge in [0.25, 0.3) is 0 Å². The summed E-state index contributed by atoms with van der Waals surface area (Å²) in [5.74, 6) is -0.0388. The quantitative estimate of drug-likeness (QED) is 0.312. The number of benzene rings is 1. The molecule has 1 aromatic carbocycles. The van der Waals surface area contributed by atoms with Gasteiger partial charge in [0.05, 0.1) is 23.5 Å². The minimum atomic E-state index is -0.490. The van der Waals surface area contributed by atoms with Gasteiger partial charge in [0.1, 0.15) is 0 Å². The van der Waals surface area contributed by atoms with E-state index in [1.165, 1.54) is 7.11 Å². The van der Waals surface area contributed by atoms with Crippen molar-refractivity contribution in [1.29, 1.82) is 0 Å². The Balaban J connectivity index is 2.36. The maximum atomic E-state index is 12.7. The van der Waals surface area contributed by atoms with Crippen LogP contribution in [0.25, 0.3) is 11.1 Å². The van der Waals surface area contributed by atoms with Crippen LogP contribution in [0.4, 0.5) is 0 Å². The molecule has 0 radical (unpaired) electrons. The molecule has 0 unspecified atom stereocenters. The Morgan fingerprint density at radius 2 is 1.83 bits per heavy atom. The second-order valence-electron chi connectivity index (χ2n) is 7.71. The van der Waals surface area contributed by atoms with Crippen LogP contribution in [0.2, 0.25) is 0 Å². The number of ether oxygens (including phenoxy) is 1. The van der Waals surface area contributed by atoms with Crippen molar-refractivity contribution in [2.24, 2.45) is 5.92 Å². The average molecular weight is 508 g/mol. The second-order valence-corrected chi connectivity index (χ2v) is 9.22. The molecule has 1 N–H and O–H groups in total. The smallest absolute Gasteiger partial charge is 0.307 e. The normalized spacial score (nSPS) is 13.1. The van der Waals surface area contributed by atoms with E-state index in [0.29, 0.717) is 5.92 Å². The summed E-state index contributed by atoms with van der Waals surface area (Å²) in [5, 5.41) is 3.02. The summed E-state index contributed by atoms with van der Waals surface area (Å²) in [7, 11) is 1.35. The zero-order valence-electron chi connectivity index (χ0n) is 17.7. The number of halogens is 1. The van der Waals surface area contributed by atoms with Crippen LogP contribution in [0.5, 0.6) is 0 Å². The summed E-state index contributed by atoms with van der Waals surface area (Å²) in [4.78, 5) is 29.1. The predicted molar refractivity (Wildman–Crippen MR) is 124 cm³/mol. The van der Waals surface area contributed by atoms with Crippen LogP contribution in [0.3, 0.4) is 0 Å². The molecule has 1 aromatic heterocycles. The molecule has 0 aliphatic carbocycles. The van der Waals surface area contributed by atoms with Gasteiger partial charge < -0.3 is 10.1 Å². The average Bonchev–Trinajstić information content (AvgIpc) is 2.66. The number of methoxy groups -OCH3 is 1. The number of pyridine rings is 1. The summed E-state index contributed by atoms with van der Waals surface area (Å²) in [6.45, 7) is 8.30. The molecular weight excluding hydrogens is 479 g/mol. The number of aromatic nitrogens is 1. The van der Waals surface area contributed by atoms with Crippen molar-refractivity contribution in [2.75, 3.05) is 7.11 Å². The van der Waals surface area contributed by atoms with Crippen LogP contribution in [0.1, 0.15) is 49.4 Å². The van der Waals surface area contributed by atoms with Gasteiger partial charge in [-0.3, -0.25) is 14.6 Å². The third-order valence-electron chi connectivity index (χ3n) is 4.81. The molecule has 2 rings (SSSR count). The summed E-state index contributed by atoms with van der Waals surface area (Å²) in [6.07, 6.45) is 4.36. The zero-order valence-corrected chi connectivity index (χ0v) is 19.8. The lowest BCUT2D eigenvalue weighted by Crippen LogP contribution is -2.36. The van der Waals surface area contributed by atoms with Gasteiger partial charge in [-0.15, -0.1) is 0 Å². The van der Waals surface area contributed by atoms with Gasteiger partial charge >= 0.3 is 5.97 Å². The first-order valence-corrected chi connectivity index (χ1v) is 11.0. The predicted octanol–water partition coefficient (Wildman–Crippen LogP) is 4.94. The molecule has 0 fully saturated rings. The third-order valence-corrected chi connectivity index (χ3v) is 5.88. The van der Waals surface area contributed by atoms with E-state index in [0.717, 1.165) is 34.2 Å². The molecule has 1 heterocycles. The molecule has 2 atom stereocenters. The second kappa shape index (κ2) is 10.7. The molecule has 0 bridgehead atoms. The van der Waals surface area contributed by atoms with E-state index in [-0.39, 0.29) is 22.2 Å². The number of amides is 1. The summed E-state index contributed by atoms with van der Waals surface area (Å²) in [5.41, 5.74) is 5.19. The Labute approximate surface area is 186 Å². The molecule has 0 aliphatic rings. The topological polar surface area (TPSA) is 68.3 Å². The van der Waals surface area contributed by atoms with E-state index in [1.807, 2.05) is 18.3 Å². The number of alkyl halides is 1. The van der Waals surface area contributed by atoms with E-state index in [1.54, 1.807) is 6.20 Å². The molecule has 0 spiro atoms. The lowest BCUT2D eigenvalue weighted by atomic mass is 9.94. The fourth-order valence-corrected chi connectivity index (χ4v) is 4.54. The van der Waals surface area contributed by atoms with Gasteiger partial charge in [-0.1, -0.05) is 54.6 Å². The SMILES string of the molecule is COC(=O)C[C@H](NC(=O)[C@@H](I)CC(C)C)c1cncc(-c2c(C)cccc2C)c1. The number of aryl methyl sites for hydroxylation is 2. The van der Waals surface area contributed by atoms with Gasteiger partial charge in [-0.05, 0) is 54.5 Å². The number of rotatable bonds is 8. The lowest BCUT2D eigenvalue weighted by molar-refractivity contribution is -0.141. The molecule has 1 amide bonds. The molecule has 0 saturated carbocycles. The van der Waals surface area contributed by atoms with Gasteiger partial charge in [-0.25, -0.2) is 0 Å². The minimum absolute atomic E-state index is 0.0607. The zero-order chi connectivity index (χ0) is 21.6. The third kappa shape index (κ3) is 6.52. The molecule has 0 aliphatic heterocycles. The highest BCUT2D eigenvalue weighted by Crippen LogP contribution is 2.29. The molecule has 29 heavy (non-hydrogen) atoms. The molecule has 0 saturated heterocycles. The van der Waals surface area contributed by atoms with Crippen molar-refractivity contribution in [3.8, 4) is 11.1 Å². The first-order chi connectivity index (χ1) is 13.7. The maximum absolute atomic E-state index is 12.7. The first-order valence-electron chi connectivity index (χ1n) is 9.75. The van der Waals surface area contributed by atoms with Crippen LogP contribution < -0.4 is 5.32 Å². The largest absolute Gasteiger partial charge is 0.469 e. The van der Waals surface area contributed by atoms with Crippen molar-refractivity contribution >= 4 is 34.5 Å². The van der Waals surface area contributed by atoms with E-state index >= 15 is 0 Å². The number of carbonyl (C=O) groups excluding carboxylic acids is 2. The van der Waals surface area contributed by atoms with E-state index in [4.69, 9.17) is 4.74 Å². The van der Waals surface area contributed by atoms with E-state index < -0.39 is 6.04 Å². The number of esters is 1. The van der Waals surface area contributed by atoms with Crippen molar-refractivity contribution in [3.05, 3.63) is 53.3 Å². The molecule has 156 valence electrons. The van der Waals surface area contributed by atoms with Gasteiger partial charge in [0.2, 0.25) is 5.91 Å². The summed E-state index contributed by atoms with van der Waals surface area (Å²) in [6, 6.07) is 7.67. The first kappa shape index (κ1) is 23.3. The van der Waals surface area contributed by atoms with Crippen molar-refractivity contribution < 1.29 is 14.3 Å². The van der Waals surface area contributed by atoms with E-state index in [2.05, 4.69) is 72.7 Å². The molecule has 2 aromatic rings. The standard InChI is InChI=1S/C23H29IN2O3/c1-14(2)9-19(24)23(28)26-20(11-21(27)29-5)17-10-18(13-25-12-17)22-15(3)7-6-8-16(22)4/h6-8,10,12-14,19-20H,9,11H2,1-5H3,(H,26,28)/t19-,20-/m0/s1. The fraction of sp³-hybridized carbons (Fsp3) is 0.435. The number of nitrogens with one attached hydrogen (secondary N) is 1. The van der Waals surface area contributed by atoms with Crippen molar-refractivity contribution in [3.63, 3.8) is 0 Å². The molecular formula is C23H29IN2O3. The van der Waals surface area contributed by atoms with Crippen LogP contribution in [0.15, 0.2) is 36.7 Å². The van der Waals surface area contributed by atoms with Crippen LogP contribution in [-0.4, -0.2) is 27.9 Å². The van der Waals surface area contributed by atoms with Crippen LogP contribution in [0, 0.1) is 19.8 Å². The van der Waals surface area contributed by atoms with Crippen molar-refractivity contribution in [1.82, 2.24) is 10.3 Å². The van der Waals surface area contributed by atoms with E-state index in [9.17, 15) is 9.59 Å². The Bertz CT molecular complexity index is 847. The number of hydrogen-bond donors (Lipinski definition) is 1. The van der Waals surface area contributed by atoms with Crippen LogP contribution >= 0.6 is 22.6 Å². The fourth-order valence-electron chi connectivity index (χ4n) is 3.34. The van der Waals surface area contributed by atoms with Crippen LogP contribution in [-0.2, 0) is 14.3 Å². The summed E-state index contributed by atoms with van der Waals surface area (Å²) < 4.78 is 4.69. The van der Waals surface area contributed by atoms with Gasteiger partial charge in [0.15, 0.2) is 0 Å². The van der Waals surface area contributed by atoms with Gasteiger partial charge in [0, 0.05) is 18.0 Å². The number of nitrogens with zero attached hydrogens (tertiary/aromatic N) is 1. The maximum Gasteiger partial charge on any atom is 0.307 e. The highest BCUT2D eigenvalue weighted by Gasteiger charge is 2.24. The summed E-state index contributed by atoms with van der Waals surface area (Å²) >= 11 is 2.16. The van der Waals surface area contributed by atoms with Crippen molar-refractivity contribution in [2.45, 2.75) is 50.5 Å². The lowest BCUT2D eigenvalue weighted by Gasteiger charge is -2.21. The Kier molecular flexibility index (Phi) is 8.61. The number of carbonyl (C=O) groups is 2. The Morgan fingerprint density at radius 1 is 1.17 bits per heavy atom. The molecule has 6 heteroatoms.